The highest BCUT2D eigenvalue weighted by Crippen LogP contribution is 2.36. The lowest BCUT2D eigenvalue weighted by molar-refractivity contribution is -0.138. The first-order valence-electron chi connectivity index (χ1n) is 8.61. The molecule has 0 unspecified atom stereocenters. The average Bonchev–Trinajstić information content (AvgIpc) is 2.89. The maximum atomic E-state index is 13.0. The van der Waals surface area contributed by atoms with E-state index in [0.717, 1.165) is 0 Å². The van der Waals surface area contributed by atoms with Crippen LogP contribution in [0.5, 0.6) is 11.5 Å². The van der Waals surface area contributed by atoms with Crippen molar-refractivity contribution in [3.05, 3.63) is 40.6 Å². The van der Waals surface area contributed by atoms with Crippen LogP contribution in [0, 0.1) is 0 Å². The second-order valence-corrected chi connectivity index (χ2v) is 5.77. The summed E-state index contributed by atoms with van der Waals surface area (Å²) in [5, 5.41) is 0. The Balaban J connectivity index is 2.57. The SMILES string of the molecule is CCOC(=O)C1=C(C)N(CCOC)C(=O)C1=Cc1cccc(OC)c1OC. The number of ether oxygens (including phenoxy) is 4. The van der Waals surface area contributed by atoms with Crippen LogP contribution in [0.4, 0.5) is 0 Å². The summed E-state index contributed by atoms with van der Waals surface area (Å²) in [6.07, 6.45) is 1.63. The maximum absolute atomic E-state index is 13.0. The first kappa shape index (κ1) is 20.5. The van der Waals surface area contributed by atoms with Crippen molar-refractivity contribution in [3.63, 3.8) is 0 Å². The van der Waals surface area contributed by atoms with Crippen LogP contribution in [-0.4, -0.2) is 57.9 Å². The van der Waals surface area contributed by atoms with E-state index in [1.54, 1.807) is 45.2 Å². The number of nitrogens with zero attached hydrogens (tertiary/aromatic N) is 1. The van der Waals surface area contributed by atoms with Crippen LogP contribution in [-0.2, 0) is 19.1 Å². The third-order valence-electron chi connectivity index (χ3n) is 4.24. The van der Waals surface area contributed by atoms with Crippen LogP contribution in [0.3, 0.4) is 0 Å². The molecule has 0 bridgehead atoms. The minimum atomic E-state index is -0.531. The normalized spacial score (nSPS) is 15.5. The fraction of sp³-hybridized carbons (Fsp3) is 0.400. The molecule has 1 amide bonds. The molecular formula is C20H25NO6. The van der Waals surface area contributed by atoms with E-state index >= 15 is 0 Å². The largest absolute Gasteiger partial charge is 0.493 e. The molecule has 1 heterocycles. The number of hydrogen-bond acceptors (Lipinski definition) is 6. The Morgan fingerprint density at radius 2 is 1.93 bits per heavy atom. The lowest BCUT2D eigenvalue weighted by atomic mass is 10.0. The van der Waals surface area contributed by atoms with Gasteiger partial charge in [0.2, 0.25) is 0 Å². The summed E-state index contributed by atoms with van der Waals surface area (Å²) < 4.78 is 21.0. The van der Waals surface area contributed by atoms with E-state index in [1.807, 2.05) is 0 Å². The van der Waals surface area contributed by atoms with E-state index in [9.17, 15) is 9.59 Å². The molecule has 2 rings (SSSR count). The van der Waals surface area contributed by atoms with Gasteiger partial charge in [0.05, 0.1) is 38.6 Å². The van der Waals surface area contributed by atoms with Crippen molar-refractivity contribution in [2.45, 2.75) is 13.8 Å². The molecule has 1 aliphatic heterocycles. The molecule has 0 fully saturated rings. The summed E-state index contributed by atoms with van der Waals surface area (Å²) in [5.41, 5.74) is 1.68. The van der Waals surface area contributed by atoms with E-state index in [2.05, 4.69) is 0 Å². The number of esters is 1. The molecule has 146 valence electrons. The number of allylic oxidation sites excluding steroid dienone is 1. The van der Waals surface area contributed by atoms with Crippen LogP contribution in [0.25, 0.3) is 6.08 Å². The quantitative estimate of drug-likeness (QED) is 0.513. The van der Waals surface area contributed by atoms with Gasteiger partial charge in [0.1, 0.15) is 0 Å². The van der Waals surface area contributed by atoms with Crippen molar-refractivity contribution in [1.29, 1.82) is 0 Å². The summed E-state index contributed by atoms with van der Waals surface area (Å²) in [5.74, 6) is 0.206. The first-order chi connectivity index (χ1) is 13.0. The Morgan fingerprint density at radius 1 is 1.19 bits per heavy atom. The van der Waals surface area contributed by atoms with Gasteiger partial charge >= 0.3 is 5.97 Å². The van der Waals surface area contributed by atoms with Crippen molar-refractivity contribution in [3.8, 4) is 11.5 Å². The van der Waals surface area contributed by atoms with Gasteiger partial charge in [0, 0.05) is 24.9 Å². The third-order valence-corrected chi connectivity index (χ3v) is 4.24. The zero-order chi connectivity index (χ0) is 20.0. The topological polar surface area (TPSA) is 74.3 Å². The summed E-state index contributed by atoms with van der Waals surface area (Å²) in [7, 11) is 4.62. The van der Waals surface area contributed by atoms with Gasteiger partial charge in [-0.05, 0) is 26.0 Å². The van der Waals surface area contributed by atoms with E-state index in [4.69, 9.17) is 18.9 Å². The second kappa shape index (κ2) is 9.23. The van der Waals surface area contributed by atoms with Gasteiger partial charge in [0.15, 0.2) is 11.5 Å². The number of benzene rings is 1. The predicted octanol–water partition coefficient (Wildman–Crippen LogP) is 2.41. The van der Waals surface area contributed by atoms with Gasteiger partial charge in [-0.25, -0.2) is 4.79 Å². The molecule has 0 spiro atoms. The fourth-order valence-corrected chi connectivity index (χ4v) is 2.96. The highest BCUT2D eigenvalue weighted by atomic mass is 16.5. The smallest absolute Gasteiger partial charge is 0.340 e. The molecule has 1 aromatic carbocycles. The molecule has 7 nitrogen and oxygen atoms in total. The van der Waals surface area contributed by atoms with Gasteiger partial charge in [0.25, 0.3) is 5.91 Å². The van der Waals surface area contributed by atoms with E-state index < -0.39 is 5.97 Å². The molecule has 0 N–H and O–H groups in total. The number of hydrogen-bond donors (Lipinski definition) is 0. The molecule has 0 radical (unpaired) electrons. The highest BCUT2D eigenvalue weighted by Gasteiger charge is 2.37. The van der Waals surface area contributed by atoms with E-state index in [0.29, 0.717) is 35.9 Å². The minimum absolute atomic E-state index is 0.220. The monoisotopic (exact) mass is 375 g/mol. The number of methoxy groups -OCH3 is 3. The third kappa shape index (κ3) is 4.14. The van der Waals surface area contributed by atoms with Gasteiger partial charge in [-0.3, -0.25) is 4.79 Å². The lowest BCUT2D eigenvalue weighted by Crippen LogP contribution is -2.28. The number of carbonyl (C=O) groups is 2. The Bertz CT molecular complexity index is 781. The standard InChI is InChI=1S/C20H25NO6/c1-6-27-20(23)17-13(2)21(10-11-24-3)19(22)15(17)12-14-8-7-9-16(25-4)18(14)26-5/h7-9,12H,6,10-11H2,1-5H3. The Labute approximate surface area is 159 Å². The summed E-state index contributed by atoms with van der Waals surface area (Å²) in [6, 6.07) is 5.34. The highest BCUT2D eigenvalue weighted by molar-refractivity contribution is 6.16. The number of amides is 1. The second-order valence-electron chi connectivity index (χ2n) is 5.77. The number of para-hydroxylation sites is 1. The molecule has 0 atom stereocenters. The zero-order valence-electron chi connectivity index (χ0n) is 16.3. The summed E-state index contributed by atoms with van der Waals surface area (Å²) in [6.45, 7) is 4.37. The first-order valence-corrected chi connectivity index (χ1v) is 8.61. The molecule has 0 aromatic heterocycles. The molecular weight excluding hydrogens is 350 g/mol. The summed E-state index contributed by atoms with van der Waals surface area (Å²) >= 11 is 0. The van der Waals surface area contributed by atoms with Crippen LogP contribution in [0.15, 0.2) is 35.0 Å². The van der Waals surface area contributed by atoms with Gasteiger partial charge in [-0.15, -0.1) is 0 Å². The molecule has 1 aliphatic rings. The average molecular weight is 375 g/mol. The fourth-order valence-electron chi connectivity index (χ4n) is 2.96. The van der Waals surface area contributed by atoms with Crippen LogP contribution < -0.4 is 9.47 Å². The van der Waals surface area contributed by atoms with Gasteiger partial charge < -0.3 is 23.8 Å². The molecule has 7 heteroatoms. The van der Waals surface area contributed by atoms with E-state index in [-0.39, 0.29) is 23.7 Å². The van der Waals surface area contributed by atoms with Crippen molar-refractivity contribution in [1.82, 2.24) is 4.90 Å². The number of carbonyl (C=O) groups excluding carboxylic acids is 2. The van der Waals surface area contributed by atoms with Gasteiger partial charge in [-0.1, -0.05) is 12.1 Å². The molecule has 1 aromatic rings. The Hall–Kier alpha value is -2.80. The van der Waals surface area contributed by atoms with Crippen molar-refractivity contribution in [2.24, 2.45) is 0 Å². The number of rotatable bonds is 8. The van der Waals surface area contributed by atoms with Crippen LogP contribution >= 0.6 is 0 Å². The van der Waals surface area contributed by atoms with Gasteiger partial charge in [-0.2, -0.15) is 0 Å². The van der Waals surface area contributed by atoms with Crippen molar-refractivity contribution < 1.29 is 28.5 Å². The predicted molar refractivity (Wildman–Crippen MR) is 100 cm³/mol. The zero-order valence-corrected chi connectivity index (χ0v) is 16.3. The molecule has 0 aliphatic carbocycles. The Kier molecular flexibility index (Phi) is 7.01. The van der Waals surface area contributed by atoms with Crippen molar-refractivity contribution >= 4 is 18.0 Å². The molecule has 0 saturated heterocycles. The van der Waals surface area contributed by atoms with Crippen LogP contribution in [0.1, 0.15) is 19.4 Å². The van der Waals surface area contributed by atoms with Crippen molar-refractivity contribution in [2.75, 3.05) is 41.1 Å². The molecule has 0 saturated carbocycles. The Morgan fingerprint density at radius 3 is 2.52 bits per heavy atom. The lowest BCUT2D eigenvalue weighted by Gasteiger charge is -2.17. The van der Waals surface area contributed by atoms with E-state index in [1.165, 1.54) is 19.1 Å². The van der Waals surface area contributed by atoms with Crippen LogP contribution in [0.2, 0.25) is 0 Å². The molecule has 27 heavy (non-hydrogen) atoms. The summed E-state index contributed by atoms with van der Waals surface area (Å²) in [4.78, 5) is 27.0. The maximum Gasteiger partial charge on any atom is 0.340 e. The minimum Gasteiger partial charge on any atom is -0.493 e.